The van der Waals surface area contributed by atoms with Crippen LogP contribution in [0, 0.1) is 0 Å². The first-order valence-electron chi connectivity index (χ1n) is 3.37. The molecule has 0 fully saturated rings. The van der Waals surface area contributed by atoms with Gasteiger partial charge in [0, 0.05) is 0 Å². The number of halogens is 1. The van der Waals surface area contributed by atoms with Crippen molar-refractivity contribution in [1.29, 1.82) is 0 Å². The average Bonchev–Trinajstić information content (AvgIpc) is 2.17. The van der Waals surface area contributed by atoms with Gasteiger partial charge in [-0.2, -0.15) is 0 Å². The zero-order valence-electron chi connectivity index (χ0n) is 6.53. The molecule has 1 rings (SSSR count). The van der Waals surface area contributed by atoms with Crippen LogP contribution in [0.25, 0.3) is 0 Å². The number of pyridine rings is 1. The molecule has 0 saturated heterocycles. The Balaban J connectivity index is 2.84. The summed E-state index contributed by atoms with van der Waals surface area (Å²) < 4.78 is 4.92. The Morgan fingerprint density at radius 2 is 2.42 bits per heavy atom. The molecular formula is C8H8BrNO2. The Kier molecular flexibility index (Phi) is 3.22. The highest BCUT2D eigenvalue weighted by atomic mass is 79.9. The largest absolute Gasteiger partial charge is 0.495 e. The van der Waals surface area contributed by atoms with Crippen molar-refractivity contribution in [3.8, 4) is 5.75 Å². The van der Waals surface area contributed by atoms with Crippen LogP contribution in [-0.2, 0) is 4.79 Å². The smallest absolute Gasteiger partial charge is 0.139 e. The molecular weight excluding hydrogens is 222 g/mol. The highest BCUT2D eigenvalue weighted by Crippen LogP contribution is 2.19. The van der Waals surface area contributed by atoms with Crippen molar-refractivity contribution in [1.82, 2.24) is 4.98 Å². The third-order valence-corrected chi connectivity index (χ3v) is 2.08. The summed E-state index contributed by atoms with van der Waals surface area (Å²) in [4.78, 5) is 14.0. The molecule has 0 N–H and O–H groups in total. The van der Waals surface area contributed by atoms with Crippen molar-refractivity contribution in [2.75, 3.05) is 7.11 Å². The van der Waals surface area contributed by atoms with E-state index in [1.165, 1.54) is 0 Å². The highest BCUT2D eigenvalue weighted by Gasteiger charge is 2.05. The molecule has 1 aromatic heterocycles. The standard InChI is InChI=1S/C8H8BrNO2/c1-12-6-2-3-8(10-4-6)7(9)5-11/h2-5,7H,1H3/t7-/m1/s1. The van der Waals surface area contributed by atoms with Crippen molar-refractivity contribution >= 4 is 22.2 Å². The number of carbonyl (C=O) groups excluding carboxylic acids is 1. The van der Waals surface area contributed by atoms with Gasteiger partial charge >= 0.3 is 0 Å². The summed E-state index contributed by atoms with van der Waals surface area (Å²) in [6.07, 6.45) is 2.36. The lowest BCUT2D eigenvalue weighted by molar-refractivity contribution is -0.107. The van der Waals surface area contributed by atoms with Gasteiger partial charge in [-0.3, -0.25) is 4.98 Å². The molecule has 12 heavy (non-hydrogen) atoms. The van der Waals surface area contributed by atoms with Crippen molar-refractivity contribution in [2.24, 2.45) is 0 Å². The summed E-state index contributed by atoms with van der Waals surface area (Å²) in [7, 11) is 1.57. The SMILES string of the molecule is COc1ccc([C@H](Br)C=O)nc1. The normalized spacial score (nSPS) is 12.2. The number of hydrogen-bond donors (Lipinski definition) is 0. The molecule has 4 heteroatoms. The van der Waals surface area contributed by atoms with Crippen LogP contribution in [0.3, 0.4) is 0 Å². The first-order chi connectivity index (χ1) is 5.77. The molecule has 3 nitrogen and oxygen atoms in total. The van der Waals surface area contributed by atoms with Crippen molar-refractivity contribution in [3.05, 3.63) is 24.0 Å². The number of aldehydes is 1. The van der Waals surface area contributed by atoms with Gasteiger partial charge in [0.1, 0.15) is 16.9 Å². The van der Waals surface area contributed by atoms with Gasteiger partial charge < -0.3 is 9.53 Å². The maximum Gasteiger partial charge on any atom is 0.139 e. The molecule has 0 amide bonds. The van der Waals surface area contributed by atoms with E-state index >= 15 is 0 Å². The molecule has 1 heterocycles. The molecule has 0 bridgehead atoms. The van der Waals surface area contributed by atoms with Crippen LogP contribution >= 0.6 is 15.9 Å². The Morgan fingerprint density at radius 1 is 1.67 bits per heavy atom. The van der Waals surface area contributed by atoms with Crippen LogP contribution < -0.4 is 4.74 Å². The number of nitrogens with zero attached hydrogens (tertiary/aromatic N) is 1. The van der Waals surface area contributed by atoms with E-state index < -0.39 is 0 Å². The molecule has 1 atom stereocenters. The van der Waals surface area contributed by atoms with Crippen LogP contribution in [0.15, 0.2) is 18.3 Å². The summed E-state index contributed by atoms with van der Waals surface area (Å²) in [5.41, 5.74) is 0.686. The third-order valence-electron chi connectivity index (χ3n) is 1.40. The maximum atomic E-state index is 10.3. The summed E-state index contributed by atoms with van der Waals surface area (Å²) >= 11 is 3.16. The highest BCUT2D eigenvalue weighted by molar-refractivity contribution is 9.09. The van der Waals surface area contributed by atoms with Gasteiger partial charge in [0.05, 0.1) is 19.0 Å². The molecule has 0 aliphatic heterocycles. The Morgan fingerprint density at radius 3 is 2.83 bits per heavy atom. The number of methoxy groups -OCH3 is 1. The minimum Gasteiger partial charge on any atom is -0.495 e. The molecule has 0 saturated carbocycles. The van der Waals surface area contributed by atoms with Crippen molar-refractivity contribution < 1.29 is 9.53 Å². The van der Waals surface area contributed by atoms with Crippen LogP contribution in [-0.4, -0.2) is 18.4 Å². The quantitative estimate of drug-likeness (QED) is 0.586. The molecule has 0 aromatic carbocycles. The predicted octanol–water partition coefficient (Wildman–Crippen LogP) is 1.73. The van der Waals surface area contributed by atoms with Gasteiger partial charge in [0.15, 0.2) is 0 Å². The van der Waals surface area contributed by atoms with E-state index in [1.807, 2.05) is 0 Å². The fourth-order valence-electron chi connectivity index (χ4n) is 0.745. The van der Waals surface area contributed by atoms with E-state index in [1.54, 1.807) is 25.4 Å². The maximum absolute atomic E-state index is 10.3. The fraction of sp³-hybridized carbons (Fsp3) is 0.250. The monoisotopic (exact) mass is 229 g/mol. The molecule has 0 spiro atoms. The van der Waals surface area contributed by atoms with Crippen LogP contribution in [0.5, 0.6) is 5.75 Å². The lowest BCUT2D eigenvalue weighted by Crippen LogP contribution is -1.94. The molecule has 64 valence electrons. The van der Waals surface area contributed by atoms with Gasteiger partial charge in [0.25, 0.3) is 0 Å². The minimum absolute atomic E-state index is 0.330. The van der Waals surface area contributed by atoms with Crippen molar-refractivity contribution in [2.45, 2.75) is 4.83 Å². The zero-order chi connectivity index (χ0) is 8.97. The van der Waals surface area contributed by atoms with Crippen LogP contribution in [0.2, 0.25) is 0 Å². The minimum atomic E-state index is -0.330. The van der Waals surface area contributed by atoms with Gasteiger partial charge in [-0.25, -0.2) is 0 Å². The topological polar surface area (TPSA) is 39.2 Å². The van der Waals surface area contributed by atoms with Crippen LogP contribution in [0.1, 0.15) is 10.5 Å². The number of alkyl halides is 1. The second-order valence-electron chi connectivity index (χ2n) is 2.16. The second kappa shape index (κ2) is 4.21. The van der Waals surface area contributed by atoms with E-state index in [0.29, 0.717) is 11.4 Å². The molecule has 1 aromatic rings. The van der Waals surface area contributed by atoms with E-state index in [0.717, 1.165) is 6.29 Å². The van der Waals surface area contributed by atoms with Crippen molar-refractivity contribution in [3.63, 3.8) is 0 Å². The molecule has 0 aliphatic rings. The number of hydrogen-bond acceptors (Lipinski definition) is 3. The summed E-state index contributed by atoms with van der Waals surface area (Å²) in [6, 6.07) is 3.51. The summed E-state index contributed by atoms with van der Waals surface area (Å²) in [5, 5.41) is 0. The van der Waals surface area contributed by atoms with Gasteiger partial charge in [-0.05, 0) is 12.1 Å². The lowest BCUT2D eigenvalue weighted by Gasteiger charge is -2.02. The summed E-state index contributed by atoms with van der Waals surface area (Å²) in [5.74, 6) is 0.685. The van der Waals surface area contributed by atoms with E-state index in [9.17, 15) is 4.79 Å². The van der Waals surface area contributed by atoms with Gasteiger partial charge in [-0.15, -0.1) is 0 Å². The number of rotatable bonds is 3. The third kappa shape index (κ3) is 2.04. The molecule has 0 radical (unpaired) electrons. The lowest BCUT2D eigenvalue weighted by atomic mass is 10.3. The number of ether oxygens (including phenoxy) is 1. The zero-order valence-corrected chi connectivity index (χ0v) is 8.11. The Hall–Kier alpha value is -0.900. The van der Waals surface area contributed by atoms with Gasteiger partial charge in [0.2, 0.25) is 0 Å². The Bertz CT molecular complexity index is 260. The van der Waals surface area contributed by atoms with Gasteiger partial charge in [-0.1, -0.05) is 15.9 Å². The fourth-order valence-corrected chi connectivity index (χ4v) is 1.02. The van der Waals surface area contributed by atoms with Crippen LogP contribution in [0.4, 0.5) is 0 Å². The number of aromatic nitrogens is 1. The summed E-state index contributed by atoms with van der Waals surface area (Å²) in [6.45, 7) is 0. The second-order valence-corrected chi connectivity index (χ2v) is 3.15. The Labute approximate surface area is 78.9 Å². The average molecular weight is 230 g/mol. The first kappa shape index (κ1) is 9.19. The molecule has 0 unspecified atom stereocenters. The number of carbonyl (C=O) groups is 1. The van der Waals surface area contributed by atoms with E-state index in [-0.39, 0.29) is 4.83 Å². The van der Waals surface area contributed by atoms with E-state index in [4.69, 9.17) is 4.74 Å². The predicted molar refractivity (Wildman–Crippen MR) is 48.5 cm³/mol. The first-order valence-corrected chi connectivity index (χ1v) is 4.29. The van der Waals surface area contributed by atoms with E-state index in [2.05, 4.69) is 20.9 Å². The molecule has 0 aliphatic carbocycles.